The van der Waals surface area contributed by atoms with E-state index < -0.39 is 5.97 Å². The van der Waals surface area contributed by atoms with Crippen LogP contribution in [0.15, 0.2) is 71.5 Å². The van der Waals surface area contributed by atoms with Crippen molar-refractivity contribution in [2.24, 2.45) is 4.99 Å². The smallest absolute Gasteiger partial charge is 0.363 e. The Morgan fingerprint density at radius 2 is 1.83 bits per heavy atom. The third-order valence-electron chi connectivity index (χ3n) is 3.64. The number of aromatic nitrogens is 1. The van der Waals surface area contributed by atoms with Crippen molar-refractivity contribution in [3.8, 4) is 0 Å². The Labute approximate surface area is 143 Å². The Morgan fingerprint density at radius 3 is 2.67 bits per heavy atom. The maximum absolute atomic E-state index is 12.0. The number of esters is 1. The minimum atomic E-state index is -0.500. The number of hydrogen-bond acceptors (Lipinski definition) is 4. The fourth-order valence-corrected chi connectivity index (χ4v) is 2.66. The van der Waals surface area contributed by atoms with E-state index in [9.17, 15) is 4.79 Å². The minimum Gasteiger partial charge on any atom is -0.400 e. The lowest BCUT2D eigenvalue weighted by atomic mass is 10.1. The molecule has 0 N–H and O–H groups in total. The van der Waals surface area contributed by atoms with Gasteiger partial charge in [-0.25, -0.2) is 9.79 Å². The van der Waals surface area contributed by atoms with Crippen LogP contribution in [0.25, 0.3) is 16.8 Å². The topological polar surface area (TPSA) is 51.5 Å². The van der Waals surface area contributed by atoms with Gasteiger partial charge in [-0.05, 0) is 40.6 Å². The molecule has 2 heterocycles. The highest BCUT2D eigenvalue weighted by Gasteiger charge is 2.25. The number of nitrogens with zero attached hydrogens (tertiary/aromatic N) is 2. The molecule has 0 bridgehead atoms. The van der Waals surface area contributed by atoms with Crippen molar-refractivity contribution >= 4 is 40.3 Å². The van der Waals surface area contributed by atoms with Crippen LogP contribution in [-0.2, 0) is 9.53 Å². The number of rotatable bonds is 2. The summed E-state index contributed by atoms with van der Waals surface area (Å²) in [5, 5.41) is 2.74. The second-order valence-corrected chi connectivity index (χ2v) is 5.74. The zero-order valence-electron chi connectivity index (χ0n) is 12.4. The molecule has 4 nitrogen and oxygen atoms in total. The van der Waals surface area contributed by atoms with Crippen molar-refractivity contribution in [1.29, 1.82) is 0 Å². The van der Waals surface area contributed by atoms with Gasteiger partial charge in [0.1, 0.15) is 5.69 Å². The Hall–Kier alpha value is -2.98. The molecule has 0 amide bonds. The number of benzene rings is 2. The average molecular weight is 335 g/mol. The van der Waals surface area contributed by atoms with Gasteiger partial charge in [0, 0.05) is 11.2 Å². The Bertz CT molecular complexity index is 1020. The molecule has 0 atom stereocenters. The maximum atomic E-state index is 12.0. The highest BCUT2D eigenvalue weighted by molar-refractivity contribution is 6.31. The number of cyclic esters (lactones) is 1. The fourth-order valence-electron chi connectivity index (χ4n) is 2.50. The predicted molar refractivity (Wildman–Crippen MR) is 93.8 cm³/mol. The molecular weight excluding hydrogens is 324 g/mol. The fraction of sp³-hybridized carbons (Fsp3) is 0. The molecule has 3 aromatic rings. The lowest BCUT2D eigenvalue weighted by molar-refractivity contribution is -0.129. The van der Waals surface area contributed by atoms with Crippen LogP contribution in [0.2, 0.25) is 5.02 Å². The number of hydrogen-bond donors (Lipinski definition) is 0. The predicted octanol–water partition coefficient (Wildman–Crippen LogP) is 4.23. The van der Waals surface area contributed by atoms with Gasteiger partial charge in [-0.15, -0.1) is 0 Å². The molecule has 0 spiro atoms. The van der Waals surface area contributed by atoms with Crippen LogP contribution in [-0.4, -0.2) is 16.9 Å². The summed E-state index contributed by atoms with van der Waals surface area (Å²) in [5.41, 5.74) is 1.55. The van der Waals surface area contributed by atoms with Gasteiger partial charge in [0.05, 0.1) is 0 Å². The summed E-state index contributed by atoms with van der Waals surface area (Å²) >= 11 is 5.93. The normalized spacial score (nSPS) is 15.6. The Balaban J connectivity index is 1.71. The number of fused-ring (bicyclic) bond motifs is 1. The lowest BCUT2D eigenvalue weighted by Gasteiger charge is -1.99. The monoisotopic (exact) mass is 334 g/mol. The molecule has 0 radical (unpaired) electrons. The summed E-state index contributed by atoms with van der Waals surface area (Å²) in [6.07, 6.45) is 3.24. The van der Waals surface area contributed by atoms with Gasteiger partial charge in [0.25, 0.3) is 0 Å². The van der Waals surface area contributed by atoms with Crippen molar-refractivity contribution in [3.05, 3.63) is 82.8 Å². The van der Waals surface area contributed by atoms with E-state index in [1.165, 1.54) is 0 Å². The Morgan fingerprint density at radius 1 is 1.00 bits per heavy atom. The van der Waals surface area contributed by atoms with Crippen LogP contribution >= 0.6 is 11.6 Å². The van der Waals surface area contributed by atoms with E-state index >= 15 is 0 Å². The van der Waals surface area contributed by atoms with Crippen LogP contribution in [0.3, 0.4) is 0 Å². The van der Waals surface area contributed by atoms with Crippen molar-refractivity contribution in [2.75, 3.05) is 0 Å². The highest BCUT2D eigenvalue weighted by atomic mass is 35.5. The molecule has 1 aliphatic rings. The number of carbonyl (C=O) groups is 1. The lowest BCUT2D eigenvalue weighted by Crippen LogP contribution is -2.06. The third-order valence-corrected chi connectivity index (χ3v) is 3.87. The SMILES string of the molecule is O=C1OC(c2cc(Cl)ccn2)=N/C1=C\c1ccc2ccccc2c1. The van der Waals surface area contributed by atoms with Gasteiger partial charge >= 0.3 is 5.97 Å². The van der Waals surface area contributed by atoms with Crippen LogP contribution in [0.1, 0.15) is 11.3 Å². The van der Waals surface area contributed by atoms with Crippen molar-refractivity contribution in [3.63, 3.8) is 0 Å². The van der Waals surface area contributed by atoms with Gasteiger partial charge < -0.3 is 4.74 Å². The number of halogens is 1. The molecular formula is C19H11ClN2O2. The van der Waals surface area contributed by atoms with E-state index in [-0.39, 0.29) is 11.6 Å². The van der Waals surface area contributed by atoms with E-state index in [0.717, 1.165) is 16.3 Å². The van der Waals surface area contributed by atoms with Crippen molar-refractivity contribution in [1.82, 2.24) is 4.98 Å². The molecule has 24 heavy (non-hydrogen) atoms. The number of aliphatic imine (C=N–C) groups is 1. The molecule has 116 valence electrons. The summed E-state index contributed by atoms with van der Waals surface area (Å²) in [7, 11) is 0. The second kappa shape index (κ2) is 5.91. The summed E-state index contributed by atoms with van der Waals surface area (Å²) in [6.45, 7) is 0. The van der Waals surface area contributed by atoms with Crippen LogP contribution in [0.4, 0.5) is 0 Å². The van der Waals surface area contributed by atoms with Gasteiger partial charge in [0.2, 0.25) is 5.90 Å². The number of ether oxygens (including phenoxy) is 1. The number of pyridine rings is 1. The van der Waals surface area contributed by atoms with E-state index in [4.69, 9.17) is 16.3 Å². The molecule has 0 fully saturated rings. The zero-order valence-corrected chi connectivity index (χ0v) is 13.2. The number of carbonyl (C=O) groups excluding carboxylic acids is 1. The molecule has 0 aliphatic carbocycles. The third kappa shape index (κ3) is 2.79. The van der Waals surface area contributed by atoms with Gasteiger partial charge in [-0.1, -0.05) is 48.0 Å². The first-order chi connectivity index (χ1) is 11.7. The van der Waals surface area contributed by atoms with Gasteiger partial charge in [-0.3, -0.25) is 4.98 Å². The average Bonchev–Trinajstić information content (AvgIpc) is 2.96. The van der Waals surface area contributed by atoms with Crippen LogP contribution < -0.4 is 0 Å². The van der Waals surface area contributed by atoms with Gasteiger partial charge in [-0.2, -0.15) is 0 Å². The molecule has 5 heteroatoms. The first kappa shape index (κ1) is 14.6. The maximum Gasteiger partial charge on any atom is 0.363 e. The van der Waals surface area contributed by atoms with E-state index in [0.29, 0.717) is 10.7 Å². The second-order valence-electron chi connectivity index (χ2n) is 5.30. The van der Waals surface area contributed by atoms with Gasteiger partial charge in [0.15, 0.2) is 5.70 Å². The van der Waals surface area contributed by atoms with Crippen LogP contribution in [0.5, 0.6) is 0 Å². The quantitative estimate of drug-likeness (QED) is 0.520. The highest BCUT2D eigenvalue weighted by Crippen LogP contribution is 2.22. The minimum absolute atomic E-state index is 0.162. The molecule has 1 aliphatic heterocycles. The van der Waals surface area contributed by atoms with Crippen LogP contribution in [0, 0.1) is 0 Å². The first-order valence-electron chi connectivity index (χ1n) is 7.32. The van der Waals surface area contributed by atoms with Crippen molar-refractivity contribution < 1.29 is 9.53 Å². The molecule has 0 saturated heterocycles. The summed E-state index contributed by atoms with van der Waals surface area (Å²) < 4.78 is 5.20. The summed E-state index contributed by atoms with van der Waals surface area (Å²) in [6, 6.07) is 17.2. The summed E-state index contributed by atoms with van der Waals surface area (Å²) in [5.74, 6) is -0.338. The largest absolute Gasteiger partial charge is 0.400 e. The van der Waals surface area contributed by atoms with E-state index in [1.54, 1.807) is 24.4 Å². The van der Waals surface area contributed by atoms with E-state index in [2.05, 4.69) is 9.98 Å². The summed E-state index contributed by atoms with van der Waals surface area (Å²) in [4.78, 5) is 20.4. The zero-order chi connectivity index (χ0) is 16.5. The molecule has 4 rings (SSSR count). The van der Waals surface area contributed by atoms with E-state index in [1.807, 2.05) is 42.5 Å². The Kier molecular flexibility index (Phi) is 3.59. The molecule has 1 aromatic heterocycles. The standard InChI is InChI=1S/C19H11ClN2O2/c20-15-7-8-21-16(11-15)18-22-17(19(23)24-18)10-12-5-6-13-3-1-2-4-14(13)9-12/h1-11H/b17-10-. The molecule has 0 saturated carbocycles. The molecule has 2 aromatic carbocycles. The molecule has 0 unspecified atom stereocenters. The first-order valence-corrected chi connectivity index (χ1v) is 7.70. The van der Waals surface area contributed by atoms with Crippen molar-refractivity contribution in [2.45, 2.75) is 0 Å².